The van der Waals surface area contributed by atoms with Crippen molar-refractivity contribution in [3.63, 3.8) is 0 Å². The number of nitrogens with zero attached hydrogens (tertiary/aromatic N) is 1. The molecule has 0 aliphatic carbocycles. The Bertz CT molecular complexity index is 540. The average molecular weight is 270 g/mol. The normalized spacial score (nSPS) is 10.4. The first-order valence-corrected chi connectivity index (χ1v) is 7.08. The molecule has 0 amide bonds. The van der Waals surface area contributed by atoms with Crippen LogP contribution >= 0.6 is 0 Å². The summed E-state index contributed by atoms with van der Waals surface area (Å²) in [5.41, 5.74) is 8.27. The molecule has 0 saturated carbocycles. The Labute approximate surface area is 120 Å². The maximum atomic E-state index is 10.2. The van der Waals surface area contributed by atoms with Gasteiger partial charge in [0.1, 0.15) is 0 Å². The van der Waals surface area contributed by atoms with E-state index in [-0.39, 0.29) is 5.75 Å². The number of aromatic hydroxyl groups is 1. The molecule has 0 saturated heterocycles. The lowest BCUT2D eigenvalue weighted by Gasteiger charge is -2.26. The summed E-state index contributed by atoms with van der Waals surface area (Å²) >= 11 is 0. The van der Waals surface area contributed by atoms with E-state index in [4.69, 9.17) is 5.73 Å². The van der Waals surface area contributed by atoms with Gasteiger partial charge in [0, 0.05) is 13.1 Å². The molecule has 2 rings (SSSR count). The fourth-order valence-electron chi connectivity index (χ4n) is 2.24. The van der Waals surface area contributed by atoms with Gasteiger partial charge < -0.3 is 15.7 Å². The third-order valence-corrected chi connectivity index (χ3v) is 3.38. The summed E-state index contributed by atoms with van der Waals surface area (Å²) in [7, 11) is 0. The highest BCUT2D eigenvalue weighted by Crippen LogP contribution is 2.33. The van der Waals surface area contributed by atoms with Crippen molar-refractivity contribution in [2.24, 2.45) is 0 Å². The maximum Gasteiger partial charge on any atom is 0.162 e. The van der Waals surface area contributed by atoms with E-state index in [1.807, 2.05) is 30.3 Å². The van der Waals surface area contributed by atoms with Crippen LogP contribution < -0.4 is 10.6 Å². The summed E-state index contributed by atoms with van der Waals surface area (Å²) in [6.07, 6.45) is 2.20. The Morgan fingerprint density at radius 2 is 1.80 bits per heavy atom. The van der Waals surface area contributed by atoms with Crippen LogP contribution in [0, 0.1) is 0 Å². The van der Waals surface area contributed by atoms with E-state index in [0.717, 1.165) is 31.6 Å². The number of unbranched alkanes of at least 4 members (excludes halogenated alkanes) is 1. The minimum atomic E-state index is 0.180. The zero-order valence-electron chi connectivity index (χ0n) is 11.9. The number of benzene rings is 2. The summed E-state index contributed by atoms with van der Waals surface area (Å²) in [5.74, 6) is 0.180. The van der Waals surface area contributed by atoms with Crippen LogP contribution in [0.4, 0.5) is 11.4 Å². The Kier molecular flexibility index (Phi) is 4.88. The molecule has 3 heteroatoms. The molecule has 0 aromatic heterocycles. The van der Waals surface area contributed by atoms with Gasteiger partial charge in [-0.1, -0.05) is 49.7 Å². The van der Waals surface area contributed by atoms with Gasteiger partial charge in [0.25, 0.3) is 0 Å². The largest absolute Gasteiger partial charge is 0.504 e. The molecule has 0 bridgehead atoms. The summed E-state index contributed by atoms with van der Waals surface area (Å²) < 4.78 is 0. The van der Waals surface area contributed by atoms with Crippen LogP contribution in [-0.4, -0.2) is 11.7 Å². The van der Waals surface area contributed by atoms with Crippen LogP contribution in [0.2, 0.25) is 0 Å². The van der Waals surface area contributed by atoms with E-state index in [2.05, 4.69) is 24.0 Å². The maximum absolute atomic E-state index is 10.2. The summed E-state index contributed by atoms with van der Waals surface area (Å²) in [5, 5.41) is 10.2. The minimum absolute atomic E-state index is 0.180. The second kappa shape index (κ2) is 6.85. The van der Waals surface area contributed by atoms with Gasteiger partial charge in [0.05, 0.1) is 11.4 Å². The molecule has 2 aromatic rings. The second-order valence-corrected chi connectivity index (χ2v) is 4.98. The number of nitrogen functional groups attached to an aromatic ring is 1. The molecule has 3 N–H and O–H groups in total. The first-order chi connectivity index (χ1) is 9.72. The first-order valence-electron chi connectivity index (χ1n) is 7.08. The van der Waals surface area contributed by atoms with E-state index in [1.54, 1.807) is 6.07 Å². The smallest absolute Gasteiger partial charge is 0.162 e. The van der Waals surface area contributed by atoms with Crippen LogP contribution in [0.1, 0.15) is 25.3 Å². The molecule has 2 aromatic carbocycles. The van der Waals surface area contributed by atoms with Gasteiger partial charge >= 0.3 is 0 Å². The zero-order valence-corrected chi connectivity index (χ0v) is 11.9. The lowest BCUT2D eigenvalue weighted by atomic mass is 10.1. The van der Waals surface area contributed by atoms with Crippen molar-refractivity contribution < 1.29 is 5.11 Å². The van der Waals surface area contributed by atoms with Crippen molar-refractivity contribution in [3.8, 4) is 5.75 Å². The van der Waals surface area contributed by atoms with Crippen molar-refractivity contribution in [1.82, 2.24) is 0 Å². The molecule has 0 spiro atoms. The topological polar surface area (TPSA) is 49.5 Å². The highest BCUT2D eigenvalue weighted by molar-refractivity contribution is 5.69. The molecular weight excluding hydrogens is 248 g/mol. The van der Waals surface area contributed by atoms with Gasteiger partial charge in [0.15, 0.2) is 5.75 Å². The van der Waals surface area contributed by atoms with Crippen molar-refractivity contribution in [2.45, 2.75) is 26.3 Å². The summed E-state index contributed by atoms with van der Waals surface area (Å²) in [4.78, 5) is 2.19. The Morgan fingerprint density at radius 3 is 2.50 bits per heavy atom. The standard InChI is InChI=1S/C17H22N2O/c1-2-3-12-19(13-14-8-5-4-6-9-14)16-11-7-10-15(18)17(16)20/h4-11,20H,2-3,12-13,18H2,1H3. The van der Waals surface area contributed by atoms with Crippen LogP contribution in [0.3, 0.4) is 0 Å². The van der Waals surface area contributed by atoms with Gasteiger partial charge in [0.2, 0.25) is 0 Å². The molecule has 0 heterocycles. The van der Waals surface area contributed by atoms with Gasteiger partial charge in [-0.15, -0.1) is 0 Å². The Balaban J connectivity index is 2.25. The molecule has 0 atom stereocenters. The summed E-state index contributed by atoms with van der Waals surface area (Å²) in [6, 6.07) is 15.8. The number of hydrogen-bond donors (Lipinski definition) is 2. The van der Waals surface area contributed by atoms with E-state index in [9.17, 15) is 5.11 Å². The Morgan fingerprint density at radius 1 is 1.05 bits per heavy atom. The molecule has 20 heavy (non-hydrogen) atoms. The predicted octanol–water partition coefficient (Wildman–Crippen LogP) is 3.78. The fourth-order valence-corrected chi connectivity index (χ4v) is 2.24. The lowest BCUT2D eigenvalue weighted by molar-refractivity contribution is 0.475. The van der Waals surface area contributed by atoms with Gasteiger partial charge in [-0.05, 0) is 24.1 Å². The lowest BCUT2D eigenvalue weighted by Crippen LogP contribution is -2.24. The monoisotopic (exact) mass is 270 g/mol. The number of para-hydroxylation sites is 1. The van der Waals surface area contributed by atoms with E-state index in [0.29, 0.717) is 5.69 Å². The van der Waals surface area contributed by atoms with Crippen LogP contribution in [-0.2, 0) is 6.54 Å². The number of hydrogen-bond acceptors (Lipinski definition) is 3. The quantitative estimate of drug-likeness (QED) is 0.620. The second-order valence-electron chi connectivity index (χ2n) is 4.98. The fraction of sp³-hybridized carbons (Fsp3) is 0.294. The molecule has 0 fully saturated rings. The zero-order chi connectivity index (χ0) is 14.4. The van der Waals surface area contributed by atoms with Crippen LogP contribution in [0.5, 0.6) is 5.75 Å². The van der Waals surface area contributed by atoms with Crippen molar-refractivity contribution in [1.29, 1.82) is 0 Å². The van der Waals surface area contributed by atoms with Crippen molar-refractivity contribution >= 4 is 11.4 Å². The van der Waals surface area contributed by atoms with Crippen molar-refractivity contribution in [3.05, 3.63) is 54.1 Å². The number of phenols is 1. The number of phenolic OH excluding ortho intramolecular Hbond substituents is 1. The van der Waals surface area contributed by atoms with Gasteiger partial charge in [-0.2, -0.15) is 0 Å². The molecule has 0 aliphatic heterocycles. The predicted molar refractivity (Wildman–Crippen MR) is 84.9 cm³/mol. The number of rotatable bonds is 6. The van der Waals surface area contributed by atoms with E-state index in [1.165, 1.54) is 5.56 Å². The average Bonchev–Trinajstić information content (AvgIpc) is 2.48. The highest BCUT2D eigenvalue weighted by atomic mass is 16.3. The molecular formula is C17H22N2O. The van der Waals surface area contributed by atoms with Gasteiger partial charge in [-0.3, -0.25) is 0 Å². The number of anilines is 2. The van der Waals surface area contributed by atoms with E-state index < -0.39 is 0 Å². The van der Waals surface area contributed by atoms with Crippen LogP contribution in [0.15, 0.2) is 48.5 Å². The molecule has 3 nitrogen and oxygen atoms in total. The minimum Gasteiger partial charge on any atom is -0.504 e. The van der Waals surface area contributed by atoms with E-state index >= 15 is 0 Å². The molecule has 106 valence electrons. The molecule has 0 radical (unpaired) electrons. The highest BCUT2D eigenvalue weighted by Gasteiger charge is 2.12. The van der Waals surface area contributed by atoms with Gasteiger partial charge in [-0.25, -0.2) is 0 Å². The third kappa shape index (κ3) is 3.44. The SMILES string of the molecule is CCCCN(Cc1ccccc1)c1cccc(N)c1O. The number of nitrogens with two attached hydrogens (primary N) is 1. The third-order valence-electron chi connectivity index (χ3n) is 3.38. The van der Waals surface area contributed by atoms with Crippen molar-refractivity contribution in [2.75, 3.05) is 17.2 Å². The Hall–Kier alpha value is -2.16. The molecule has 0 unspecified atom stereocenters. The van der Waals surface area contributed by atoms with Crippen LogP contribution in [0.25, 0.3) is 0 Å². The summed E-state index contributed by atoms with van der Waals surface area (Å²) in [6.45, 7) is 3.85. The first kappa shape index (κ1) is 14.3. The molecule has 0 aliphatic rings.